The molecule has 0 aromatic rings. The molecule has 1 heterocycles. The number of carbonyl (C=O) groups excluding carboxylic acids is 1. The first kappa shape index (κ1) is 15.0. The molecule has 1 saturated heterocycles. The third kappa shape index (κ3) is 3.71. The van der Waals surface area contributed by atoms with Crippen LogP contribution >= 0.6 is 0 Å². The van der Waals surface area contributed by atoms with Crippen LogP contribution in [0.1, 0.15) is 39.5 Å². The first-order valence-corrected chi connectivity index (χ1v) is 7.02. The Kier molecular flexibility index (Phi) is 6.14. The Morgan fingerprint density at radius 2 is 2.06 bits per heavy atom. The summed E-state index contributed by atoms with van der Waals surface area (Å²) >= 11 is 0. The van der Waals surface area contributed by atoms with Gasteiger partial charge in [-0.1, -0.05) is 20.3 Å². The Balaban J connectivity index is 2.51. The molecule has 102 valence electrons. The maximum Gasteiger partial charge on any atom is 0.239 e. The van der Waals surface area contributed by atoms with Crippen molar-refractivity contribution in [2.45, 2.75) is 45.6 Å². The van der Waals surface area contributed by atoms with Gasteiger partial charge < -0.3 is 9.80 Å². The molecule has 0 N–H and O–H groups in total. The van der Waals surface area contributed by atoms with E-state index in [2.05, 4.69) is 17.9 Å². The average Bonchev–Trinajstić information content (AvgIpc) is 2.43. The van der Waals surface area contributed by atoms with Crippen molar-refractivity contribution in [3.63, 3.8) is 0 Å². The second-order valence-corrected chi connectivity index (χ2v) is 5.08. The fourth-order valence-electron chi connectivity index (χ4n) is 2.58. The number of hydrogen-bond acceptors (Lipinski definition) is 3. The van der Waals surface area contributed by atoms with Gasteiger partial charge in [-0.3, -0.25) is 4.79 Å². The summed E-state index contributed by atoms with van der Waals surface area (Å²) < 4.78 is 0. The summed E-state index contributed by atoms with van der Waals surface area (Å²) in [5.74, 6) is -0.446. The van der Waals surface area contributed by atoms with Gasteiger partial charge in [0.1, 0.15) is 5.92 Å². The number of piperidine rings is 1. The van der Waals surface area contributed by atoms with E-state index < -0.39 is 5.92 Å². The number of nitriles is 1. The molecule has 1 aliphatic heterocycles. The molecular formula is C14H25N3O. The van der Waals surface area contributed by atoms with Crippen molar-refractivity contribution < 1.29 is 4.79 Å². The van der Waals surface area contributed by atoms with Crippen LogP contribution in [0.2, 0.25) is 0 Å². The van der Waals surface area contributed by atoms with E-state index in [4.69, 9.17) is 5.26 Å². The Morgan fingerprint density at radius 3 is 2.50 bits per heavy atom. The molecule has 1 unspecified atom stereocenters. The molecule has 4 nitrogen and oxygen atoms in total. The van der Waals surface area contributed by atoms with Crippen molar-refractivity contribution in [3.05, 3.63) is 0 Å². The summed E-state index contributed by atoms with van der Waals surface area (Å²) in [6.07, 6.45) is 3.61. The molecule has 1 atom stereocenters. The van der Waals surface area contributed by atoms with Crippen molar-refractivity contribution in [3.8, 4) is 6.07 Å². The zero-order valence-electron chi connectivity index (χ0n) is 11.9. The lowest BCUT2D eigenvalue weighted by Gasteiger charge is -2.36. The van der Waals surface area contributed by atoms with Crippen LogP contribution in [0.4, 0.5) is 0 Å². The average molecular weight is 251 g/mol. The zero-order valence-corrected chi connectivity index (χ0v) is 11.9. The monoisotopic (exact) mass is 251 g/mol. The lowest BCUT2D eigenvalue weighted by Crippen LogP contribution is -2.47. The highest BCUT2D eigenvalue weighted by Gasteiger charge is 2.28. The second-order valence-electron chi connectivity index (χ2n) is 5.08. The first-order valence-electron chi connectivity index (χ1n) is 7.02. The third-order valence-corrected chi connectivity index (χ3v) is 3.93. The van der Waals surface area contributed by atoms with Crippen molar-refractivity contribution in [1.29, 1.82) is 5.26 Å². The van der Waals surface area contributed by atoms with E-state index in [-0.39, 0.29) is 5.91 Å². The van der Waals surface area contributed by atoms with E-state index >= 15 is 0 Å². The fourth-order valence-corrected chi connectivity index (χ4v) is 2.58. The number of rotatable bonds is 5. The minimum Gasteiger partial charge on any atom is -0.342 e. The SMILES string of the molecule is CCCC(C#N)C(=O)N(C)C1CCN(CC)CC1. The van der Waals surface area contributed by atoms with E-state index in [0.29, 0.717) is 12.5 Å². The molecule has 0 aromatic carbocycles. The van der Waals surface area contributed by atoms with Crippen molar-refractivity contribution in [2.75, 3.05) is 26.7 Å². The van der Waals surface area contributed by atoms with Crippen LogP contribution in [0.5, 0.6) is 0 Å². The summed E-state index contributed by atoms with van der Waals surface area (Å²) in [6, 6.07) is 2.45. The Morgan fingerprint density at radius 1 is 1.44 bits per heavy atom. The highest BCUT2D eigenvalue weighted by atomic mass is 16.2. The second kappa shape index (κ2) is 7.38. The standard InChI is InChI=1S/C14H25N3O/c1-4-6-12(11-15)14(18)16(3)13-7-9-17(5-2)10-8-13/h12-13H,4-10H2,1-3H3. The van der Waals surface area contributed by atoms with Gasteiger partial charge in [-0.05, 0) is 25.8 Å². The molecule has 4 heteroatoms. The quantitative estimate of drug-likeness (QED) is 0.749. The third-order valence-electron chi connectivity index (χ3n) is 3.93. The summed E-state index contributed by atoms with van der Waals surface area (Å²) in [5.41, 5.74) is 0. The first-order chi connectivity index (χ1) is 8.63. The molecule has 1 fully saturated rings. The van der Waals surface area contributed by atoms with Gasteiger partial charge in [0.25, 0.3) is 0 Å². The summed E-state index contributed by atoms with van der Waals surface area (Å²) in [6.45, 7) is 7.38. The molecule has 0 radical (unpaired) electrons. The molecule has 0 aliphatic carbocycles. The van der Waals surface area contributed by atoms with Crippen LogP contribution in [0.15, 0.2) is 0 Å². The van der Waals surface area contributed by atoms with E-state index in [0.717, 1.165) is 38.9 Å². The summed E-state index contributed by atoms with van der Waals surface area (Å²) in [5, 5.41) is 9.05. The molecule has 0 spiro atoms. The Bertz CT molecular complexity index is 303. The number of carbonyl (C=O) groups is 1. The maximum atomic E-state index is 12.2. The van der Waals surface area contributed by atoms with E-state index in [1.54, 1.807) is 0 Å². The zero-order chi connectivity index (χ0) is 13.5. The number of nitrogens with zero attached hydrogens (tertiary/aromatic N) is 3. The van der Waals surface area contributed by atoms with Crippen molar-refractivity contribution in [1.82, 2.24) is 9.80 Å². The summed E-state index contributed by atoms with van der Waals surface area (Å²) in [7, 11) is 1.86. The van der Waals surface area contributed by atoms with Gasteiger partial charge in [-0.2, -0.15) is 5.26 Å². The topological polar surface area (TPSA) is 47.3 Å². The highest BCUT2D eigenvalue weighted by Crippen LogP contribution is 2.18. The van der Waals surface area contributed by atoms with E-state index in [9.17, 15) is 4.79 Å². The van der Waals surface area contributed by atoms with Gasteiger partial charge in [0, 0.05) is 26.2 Å². The van der Waals surface area contributed by atoms with E-state index in [1.165, 1.54) is 0 Å². The van der Waals surface area contributed by atoms with Crippen molar-refractivity contribution in [2.24, 2.45) is 5.92 Å². The highest BCUT2D eigenvalue weighted by molar-refractivity contribution is 5.81. The molecule has 0 saturated carbocycles. The molecule has 1 amide bonds. The van der Waals surface area contributed by atoms with E-state index in [1.807, 2.05) is 18.9 Å². The van der Waals surface area contributed by atoms with Gasteiger partial charge in [-0.15, -0.1) is 0 Å². The normalized spacial score (nSPS) is 19.2. The minimum absolute atomic E-state index is 0.00861. The molecular weight excluding hydrogens is 226 g/mol. The number of amides is 1. The van der Waals surface area contributed by atoms with Crippen LogP contribution in [-0.4, -0.2) is 48.4 Å². The summed E-state index contributed by atoms with van der Waals surface area (Å²) in [4.78, 5) is 16.4. The lowest BCUT2D eigenvalue weighted by molar-refractivity contribution is -0.135. The minimum atomic E-state index is -0.454. The van der Waals surface area contributed by atoms with Crippen LogP contribution in [0.3, 0.4) is 0 Å². The largest absolute Gasteiger partial charge is 0.342 e. The van der Waals surface area contributed by atoms with Gasteiger partial charge >= 0.3 is 0 Å². The van der Waals surface area contributed by atoms with Crippen LogP contribution in [0, 0.1) is 17.2 Å². The van der Waals surface area contributed by atoms with Gasteiger partial charge in [0.05, 0.1) is 6.07 Å². The van der Waals surface area contributed by atoms with Crippen molar-refractivity contribution >= 4 is 5.91 Å². The lowest BCUT2D eigenvalue weighted by atomic mass is 9.99. The van der Waals surface area contributed by atoms with Crippen LogP contribution < -0.4 is 0 Å². The number of likely N-dealkylation sites (tertiary alicyclic amines) is 1. The van der Waals surface area contributed by atoms with Crippen LogP contribution in [0.25, 0.3) is 0 Å². The molecule has 1 rings (SSSR count). The Labute approximate surface area is 111 Å². The van der Waals surface area contributed by atoms with Gasteiger partial charge in [0.15, 0.2) is 0 Å². The molecule has 0 bridgehead atoms. The maximum absolute atomic E-state index is 12.2. The van der Waals surface area contributed by atoms with Crippen LogP contribution in [-0.2, 0) is 4.79 Å². The molecule has 0 aromatic heterocycles. The smallest absolute Gasteiger partial charge is 0.239 e. The predicted molar refractivity (Wildman–Crippen MR) is 71.9 cm³/mol. The molecule has 1 aliphatic rings. The van der Waals surface area contributed by atoms with Gasteiger partial charge in [0.2, 0.25) is 5.91 Å². The predicted octanol–water partition coefficient (Wildman–Crippen LogP) is 1.87. The molecule has 18 heavy (non-hydrogen) atoms. The van der Waals surface area contributed by atoms with Gasteiger partial charge in [-0.25, -0.2) is 0 Å². The number of hydrogen-bond donors (Lipinski definition) is 0. The fraction of sp³-hybridized carbons (Fsp3) is 0.857. The Hall–Kier alpha value is -1.08.